The van der Waals surface area contributed by atoms with Crippen LogP contribution in [-0.2, 0) is 11.2 Å². The lowest BCUT2D eigenvalue weighted by molar-refractivity contribution is -0.116. The van der Waals surface area contributed by atoms with Crippen molar-refractivity contribution in [3.05, 3.63) is 67.5 Å². The van der Waals surface area contributed by atoms with Gasteiger partial charge in [-0.05, 0) is 48.9 Å². The highest BCUT2D eigenvalue weighted by Gasteiger charge is 2.14. The van der Waals surface area contributed by atoms with Crippen LogP contribution in [0.1, 0.15) is 26.8 Å². The van der Waals surface area contributed by atoms with Gasteiger partial charge in [0.1, 0.15) is 5.01 Å². The Morgan fingerprint density at radius 2 is 1.89 bits per heavy atom. The molecule has 0 aliphatic rings. The second-order valence-corrected chi connectivity index (χ2v) is 8.33. The minimum atomic E-state index is -0.360. The third-order valence-corrected chi connectivity index (χ3v) is 5.86. The van der Waals surface area contributed by atoms with Crippen LogP contribution in [-0.4, -0.2) is 22.0 Å². The largest absolute Gasteiger partial charge is 0.326 e. The van der Waals surface area contributed by atoms with E-state index in [1.165, 1.54) is 0 Å². The molecule has 0 fully saturated rings. The Hall–Kier alpha value is -2.29. The second kappa shape index (κ2) is 9.27. The average molecular weight is 480 g/mol. The summed E-state index contributed by atoms with van der Waals surface area (Å²) in [6, 6.07) is 12.5. The van der Waals surface area contributed by atoms with Crippen molar-refractivity contribution in [2.24, 2.45) is 0 Å². The van der Waals surface area contributed by atoms with Crippen molar-refractivity contribution in [2.45, 2.75) is 19.8 Å². The van der Waals surface area contributed by atoms with Gasteiger partial charge in [0, 0.05) is 33.7 Å². The van der Waals surface area contributed by atoms with Crippen molar-refractivity contribution in [1.82, 2.24) is 10.2 Å². The number of anilines is 2. The lowest BCUT2D eigenvalue weighted by Crippen LogP contribution is -2.12. The fourth-order valence-corrected chi connectivity index (χ4v) is 3.53. The number of rotatable bonds is 6. The van der Waals surface area contributed by atoms with Crippen molar-refractivity contribution in [3.63, 3.8) is 0 Å². The Kier molecular flexibility index (Phi) is 6.77. The fourth-order valence-electron chi connectivity index (χ4n) is 2.36. The maximum Gasteiger partial charge on any atom is 0.286 e. The Labute approximate surface area is 179 Å². The molecule has 0 saturated carbocycles. The van der Waals surface area contributed by atoms with Gasteiger partial charge in [0.25, 0.3) is 5.91 Å². The molecular formula is C19H16BrClN4O2S. The summed E-state index contributed by atoms with van der Waals surface area (Å²) in [5.74, 6) is -0.484. The summed E-state index contributed by atoms with van der Waals surface area (Å²) >= 11 is 10.5. The van der Waals surface area contributed by atoms with Crippen LogP contribution in [0.5, 0.6) is 0 Å². The molecule has 2 aromatic carbocycles. The van der Waals surface area contributed by atoms with Crippen LogP contribution < -0.4 is 10.6 Å². The first-order valence-electron chi connectivity index (χ1n) is 8.36. The minimum Gasteiger partial charge on any atom is -0.326 e. The predicted molar refractivity (Wildman–Crippen MR) is 115 cm³/mol. The highest BCUT2D eigenvalue weighted by molar-refractivity contribution is 9.10. The van der Waals surface area contributed by atoms with Crippen molar-refractivity contribution in [2.75, 3.05) is 10.6 Å². The zero-order valence-electron chi connectivity index (χ0n) is 14.8. The van der Waals surface area contributed by atoms with Crippen molar-refractivity contribution in [3.8, 4) is 0 Å². The third kappa shape index (κ3) is 5.60. The first-order chi connectivity index (χ1) is 13.4. The number of aromatic nitrogens is 2. The van der Waals surface area contributed by atoms with Gasteiger partial charge < -0.3 is 10.6 Å². The summed E-state index contributed by atoms with van der Waals surface area (Å²) in [5.41, 5.74) is 2.36. The summed E-state index contributed by atoms with van der Waals surface area (Å²) in [7, 11) is 0. The van der Waals surface area contributed by atoms with Gasteiger partial charge in [0.05, 0.1) is 0 Å². The molecule has 6 nitrogen and oxygen atoms in total. The smallest absolute Gasteiger partial charge is 0.286 e. The van der Waals surface area contributed by atoms with Gasteiger partial charge in [-0.25, -0.2) is 0 Å². The van der Waals surface area contributed by atoms with E-state index in [2.05, 4.69) is 36.8 Å². The van der Waals surface area contributed by atoms with Crippen LogP contribution in [0, 0.1) is 6.92 Å². The number of amides is 2. The van der Waals surface area contributed by atoms with Gasteiger partial charge in [0.15, 0.2) is 0 Å². The molecule has 0 aliphatic carbocycles. The number of nitrogens with zero attached hydrogens (tertiary/aromatic N) is 2. The van der Waals surface area contributed by atoms with Crippen LogP contribution in [0.15, 0.2) is 46.9 Å². The molecule has 0 bridgehead atoms. The molecule has 2 amide bonds. The number of nitrogens with one attached hydrogen (secondary N) is 2. The Morgan fingerprint density at radius 1 is 1.11 bits per heavy atom. The lowest BCUT2D eigenvalue weighted by atomic mass is 10.2. The molecule has 0 unspecified atom stereocenters. The first-order valence-corrected chi connectivity index (χ1v) is 10.3. The minimum absolute atomic E-state index is 0.123. The SMILES string of the molecule is Cc1cc(NC(=O)CCc2nnc(C(=O)Nc3cccc(Cl)c3)s2)ccc1Br. The summed E-state index contributed by atoms with van der Waals surface area (Å²) in [4.78, 5) is 24.4. The van der Waals surface area contributed by atoms with Gasteiger partial charge in [-0.1, -0.05) is 44.9 Å². The number of carbonyl (C=O) groups is 2. The summed E-state index contributed by atoms with van der Waals surface area (Å²) < 4.78 is 0.989. The first kappa shape index (κ1) is 20.4. The van der Waals surface area contributed by atoms with E-state index in [1.54, 1.807) is 24.3 Å². The number of hydrogen-bond acceptors (Lipinski definition) is 5. The molecule has 9 heteroatoms. The third-order valence-electron chi connectivity index (χ3n) is 3.75. The van der Waals surface area contributed by atoms with Crippen LogP contribution in [0.4, 0.5) is 11.4 Å². The van der Waals surface area contributed by atoms with Crippen molar-refractivity contribution in [1.29, 1.82) is 0 Å². The molecule has 0 spiro atoms. The molecule has 2 N–H and O–H groups in total. The van der Waals surface area contributed by atoms with E-state index in [-0.39, 0.29) is 23.2 Å². The molecule has 0 atom stereocenters. The van der Waals surface area contributed by atoms with Gasteiger partial charge in [0.2, 0.25) is 10.9 Å². The summed E-state index contributed by atoms with van der Waals surface area (Å²) in [6.45, 7) is 1.96. The van der Waals surface area contributed by atoms with Crippen molar-refractivity contribution >= 4 is 62.1 Å². The molecule has 0 radical (unpaired) electrons. The van der Waals surface area contributed by atoms with Crippen LogP contribution in [0.25, 0.3) is 0 Å². The predicted octanol–water partition coefficient (Wildman–Crippen LogP) is 5.09. The molecule has 3 aromatic rings. The highest BCUT2D eigenvalue weighted by Crippen LogP contribution is 2.21. The molecular weight excluding hydrogens is 464 g/mol. The Bertz CT molecular complexity index is 1020. The Balaban J connectivity index is 1.53. The molecule has 144 valence electrons. The van der Waals surface area contributed by atoms with Gasteiger partial charge in [-0.15, -0.1) is 10.2 Å². The summed E-state index contributed by atoms with van der Waals surface area (Å²) in [6.07, 6.45) is 0.656. The number of aryl methyl sites for hydroxylation is 2. The van der Waals surface area contributed by atoms with E-state index in [4.69, 9.17) is 11.6 Å². The molecule has 1 heterocycles. The van der Waals surface area contributed by atoms with Crippen LogP contribution in [0.3, 0.4) is 0 Å². The van der Waals surface area contributed by atoms with Gasteiger partial charge >= 0.3 is 0 Å². The van der Waals surface area contributed by atoms with Crippen LogP contribution >= 0.6 is 38.9 Å². The normalized spacial score (nSPS) is 10.5. The molecule has 28 heavy (non-hydrogen) atoms. The number of benzene rings is 2. The Morgan fingerprint density at radius 3 is 2.64 bits per heavy atom. The van der Waals surface area contributed by atoms with E-state index < -0.39 is 0 Å². The average Bonchev–Trinajstić information content (AvgIpc) is 3.12. The maximum absolute atomic E-state index is 12.2. The monoisotopic (exact) mass is 478 g/mol. The van der Waals surface area contributed by atoms with E-state index >= 15 is 0 Å². The quantitative estimate of drug-likeness (QED) is 0.516. The molecule has 0 aliphatic heterocycles. The molecule has 0 saturated heterocycles. The number of hydrogen-bond donors (Lipinski definition) is 2. The van der Waals surface area contributed by atoms with Gasteiger partial charge in [-0.3, -0.25) is 9.59 Å². The zero-order chi connectivity index (χ0) is 20.1. The standard InChI is InChI=1S/C19H16BrClN4O2S/c1-11-9-14(5-6-15(11)20)22-16(26)7-8-17-24-25-19(28-17)18(27)23-13-4-2-3-12(21)10-13/h2-6,9-10H,7-8H2,1H3,(H,22,26)(H,23,27). The maximum atomic E-state index is 12.2. The topological polar surface area (TPSA) is 84.0 Å². The highest BCUT2D eigenvalue weighted by atomic mass is 79.9. The van der Waals surface area contributed by atoms with Gasteiger partial charge in [-0.2, -0.15) is 0 Å². The summed E-state index contributed by atoms with van der Waals surface area (Å²) in [5, 5.41) is 14.9. The van der Waals surface area contributed by atoms with Crippen LogP contribution in [0.2, 0.25) is 5.02 Å². The molecule has 1 aromatic heterocycles. The number of carbonyl (C=O) groups excluding carboxylic acids is 2. The van der Waals surface area contributed by atoms with E-state index in [1.807, 2.05) is 25.1 Å². The van der Waals surface area contributed by atoms with E-state index in [9.17, 15) is 9.59 Å². The van der Waals surface area contributed by atoms with E-state index in [0.717, 1.165) is 27.1 Å². The second-order valence-electron chi connectivity index (χ2n) is 5.98. The fraction of sp³-hybridized carbons (Fsp3) is 0.158. The lowest BCUT2D eigenvalue weighted by Gasteiger charge is -2.06. The van der Waals surface area contributed by atoms with E-state index in [0.29, 0.717) is 22.1 Å². The van der Waals surface area contributed by atoms with Crippen molar-refractivity contribution < 1.29 is 9.59 Å². The molecule has 3 rings (SSSR count). The number of halogens is 2. The zero-order valence-corrected chi connectivity index (χ0v) is 18.0.